The summed E-state index contributed by atoms with van der Waals surface area (Å²) in [6.45, 7) is 19.9. The second-order valence-corrected chi connectivity index (χ2v) is 7.30. The quantitative estimate of drug-likeness (QED) is 0.281. The van der Waals surface area contributed by atoms with Crippen LogP contribution in [-0.2, 0) is 0 Å². The van der Waals surface area contributed by atoms with E-state index in [1.54, 1.807) is 0 Å². The van der Waals surface area contributed by atoms with Gasteiger partial charge in [-0.2, -0.15) is 0 Å². The summed E-state index contributed by atoms with van der Waals surface area (Å²) in [6, 6.07) is 0.542. The number of nitrogens with two attached hydrogens (primary N) is 2. The van der Waals surface area contributed by atoms with E-state index in [1.165, 1.54) is 13.0 Å². The molecule has 0 amide bonds. The monoisotopic (exact) mass is 344 g/mol. The number of hydrogen-bond acceptors (Lipinski definition) is 6. The van der Waals surface area contributed by atoms with Crippen LogP contribution in [0.25, 0.3) is 0 Å². The molecule has 0 aromatic rings. The standard InChI is InChI=1S/C18H44N6/c1-17(2)5-11-23(13-9-21-8-6-19)15-16-24(12-7-20)14-10-22-18(3)4/h17-18,21-22H,5-16,19-20H2,1-4H3. The molecule has 0 aliphatic carbocycles. The van der Waals surface area contributed by atoms with E-state index in [9.17, 15) is 0 Å². The van der Waals surface area contributed by atoms with Crippen molar-refractivity contribution < 1.29 is 0 Å². The molecule has 0 aliphatic heterocycles. The molecule has 0 saturated heterocycles. The highest BCUT2D eigenvalue weighted by Crippen LogP contribution is 2.02. The second kappa shape index (κ2) is 16.2. The number of hydrogen-bond donors (Lipinski definition) is 4. The van der Waals surface area contributed by atoms with E-state index < -0.39 is 0 Å². The summed E-state index contributed by atoms with van der Waals surface area (Å²) in [7, 11) is 0. The lowest BCUT2D eigenvalue weighted by molar-refractivity contribution is 0.199. The minimum Gasteiger partial charge on any atom is -0.329 e. The van der Waals surface area contributed by atoms with Crippen molar-refractivity contribution in [2.24, 2.45) is 17.4 Å². The summed E-state index contributed by atoms with van der Waals surface area (Å²) in [5, 5.41) is 6.89. The maximum atomic E-state index is 5.78. The lowest BCUT2D eigenvalue weighted by Gasteiger charge is -2.28. The van der Waals surface area contributed by atoms with Crippen molar-refractivity contribution in [2.45, 2.75) is 40.2 Å². The zero-order valence-corrected chi connectivity index (χ0v) is 16.7. The Balaban J connectivity index is 4.21. The van der Waals surface area contributed by atoms with Gasteiger partial charge in [0.15, 0.2) is 0 Å². The molecule has 0 aliphatic rings. The van der Waals surface area contributed by atoms with E-state index in [0.29, 0.717) is 12.6 Å². The van der Waals surface area contributed by atoms with Crippen LogP contribution in [0.5, 0.6) is 0 Å². The molecular formula is C18H44N6. The maximum absolute atomic E-state index is 5.78. The molecule has 146 valence electrons. The van der Waals surface area contributed by atoms with Crippen LogP contribution in [0.15, 0.2) is 0 Å². The van der Waals surface area contributed by atoms with E-state index in [0.717, 1.165) is 64.8 Å². The molecule has 0 bridgehead atoms. The third-order valence-corrected chi connectivity index (χ3v) is 4.11. The zero-order valence-electron chi connectivity index (χ0n) is 16.7. The number of rotatable bonds is 17. The molecule has 0 unspecified atom stereocenters. The van der Waals surface area contributed by atoms with Crippen molar-refractivity contribution in [1.29, 1.82) is 0 Å². The van der Waals surface area contributed by atoms with Gasteiger partial charge in [0.1, 0.15) is 0 Å². The molecule has 6 N–H and O–H groups in total. The van der Waals surface area contributed by atoms with E-state index in [4.69, 9.17) is 11.5 Å². The molecule has 0 fully saturated rings. The van der Waals surface area contributed by atoms with Crippen molar-refractivity contribution in [3.63, 3.8) is 0 Å². The van der Waals surface area contributed by atoms with Gasteiger partial charge in [-0.25, -0.2) is 0 Å². The smallest absolute Gasteiger partial charge is 0.0110 e. The van der Waals surface area contributed by atoms with Crippen LogP contribution in [0.2, 0.25) is 0 Å². The van der Waals surface area contributed by atoms with Gasteiger partial charge in [0.05, 0.1) is 0 Å². The number of nitrogens with one attached hydrogen (secondary N) is 2. The molecule has 0 rings (SSSR count). The van der Waals surface area contributed by atoms with Gasteiger partial charge >= 0.3 is 0 Å². The molecule has 6 nitrogen and oxygen atoms in total. The Morgan fingerprint density at radius 1 is 0.708 bits per heavy atom. The minimum absolute atomic E-state index is 0.542. The molecule has 0 radical (unpaired) electrons. The predicted octanol–water partition coefficient (Wildman–Crippen LogP) is 0.142. The first kappa shape index (κ1) is 23.8. The Bertz CT molecular complexity index is 260. The highest BCUT2D eigenvalue weighted by Gasteiger charge is 2.10. The van der Waals surface area contributed by atoms with Crippen molar-refractivity contribution in [1.82, 2.24) is 20.4 Å². The molecule has 0 atom stereocenters. The van der Waals surface area contributed by atoms with Crippen molar-refractivity contribution >= 4 is 0 Å². The fraction of sp³-hybridized carbons (Fsp3) is 1.00. The van der Waals surface area contributed by atoms with Crippen LogP contribution in [0.3, 0.4) is 0 Å². The van der Waals surface area contributed by atoms with E-state index in [1.807, 2.05) is 0 Å². The zero-order chi connectivity index (χ0) is 18.2. The normalized spacial score (nSPS) is 12.2. The van der Waals surface area contributed by atoms with Crippen LogP contribution in [-0.4, -0.2) is 87.8 Å². The second-order valence-electron chi connectivity index (χ2n) is 7.30. The van der Waals surface area contributed by atoms with Crippen LogP contribution in [0, 0.1) is 5.92 Å². The summed E-state index contributed by atoms with van der Waals surface area (Å²) in [6.07, 6.45) is 1.25. The molecule has 6 heteroatoms. The number of nitrogens with zero attached hydrogens (tertiary/aromatic N) is 2. The highest BCUT2D eigenvalue weighted by atomic mass is 15.2. The summed E-state index contributed by atoms with van der Waals surface area (Å²) in [5.74, 6) is 0.750. The topological polar surface area (TPSA) is 82.6 Å². The lowest BCUT2D eigenvalue weighted by Crippen LogP contribution is -2.43. The predicted molar refractivity (Wildman–Crippen MR) is 106 cm³/mol. The van der Waals surface area contributed by atoms with Crippen molar-refractivity contribution in [3.8, 4) is 0 Å². The molecule has 0 spiro atoms. The molecule has 0 aromatic heterocycles. The molecular weight excluding hydrogens is 300 g/mol. The van der Waals surface area contributed by atoms with Gasteiger partial charge in [0, 0.05) is 71.5 Å². The molecule has 24 heavy (non-hydrogen) atoms. The van der Waals surface area contributed by atoms with E-state index in [2.05, 4.69) is 48.1 Å². The Morgan fingerprint density at radius 2 is 1.33 bits per heavy atom. The first-order valence-corrected chi connectivity index (χ1v) is 9.78. The van der Waals surface area contributed by atoms with Gasteiger partial charge in [-0.05, 0) is 18.9 Å². The van der Waals surface area contributed by atoms with Gasteiger partial charge in [0.25, 0.3) is 0 Å². The third-order valence-electron chi connectivity index (χ3n) is 4.11. The van der Waals surface area contributed by atoms with Crippen molar-refractivity contribution in [3.05, 3.63) is 0 Å². The Labute approximate surface area is 150 Å². The van der Waals surface area contributed by atoms with Gasteiger partial charge in [-0.15, -0.1) is 0 Å². The average Bonchev–Trinajstić information content (AvgIpc) is 2.52. The largest absolute Gasteiger partial charge is 0.329 e. The summed E-state index contributed by atoms with van der Waals surface area (Å²) in [4.78, 5) is 5.05. The highest BCUT2D eigenvalue weighted by molar-refractivity contribution is 4.68. The summed E-state index contributed by atoms with van der Waals surface area (Å²) < 4.78 is 0. The third kappa shape index (κ3) is 15.3. The fourth-order valence-corrected chi connectivity index (χ4v) is 2.55. The lowest BCUT2D eigenvalue weighted by atomic mass is 10.1. The summed E-state index contributed by atoms with van der Waals surface area (Å²) in [5.41, 5.74) is 11.3. The first-order chi connectivity index (χ1) is 11.5. The molecule has 0 heterocycles. The van der Waals surface area contributed by atoms with Crippen LogP contribution in [0.1, 0.15) is 34.1 Å². The average molecular weight is 345 g/mol. The van der Waals surface area contributed by atoms with Gasteiger partial charge in [-0.1, -0.05) is 27.7 Å². The van der Waals surface area contributed by atoms with Crippen molar-refractivity contribution in [2.75, 3.05) is 72.0 Å². The fourth-order valence-electron chi connectivity index (χ4n) is 2.55. The van der Waals surface area contributed by atoms with Gasteiger partial charge in [-0.3, -0.25) is 4.90 Å². The Kier molecular flexibility index (Phi) is 16.1. The van der Waals surface area contributed by atoms with E-state index in [-0.39, 0.29) is 0 Å². The Morgan fingerprint density at radius 3 is 1.88 bits per heavy atom. The van der Waals surface area contributed by atoms with Crippen LogP contribution in [0.4, 0.5) is 0 Å². The minimum atomic E-state index is 0.542. The Hall–Kier alpha value is -0.240. The molecule has 0 aromatic carbocycles. The molecule has 0 saturated carbocycles. The van der Waals surface area contributed by atoms with Crippen LogP contribution < -0.4 is 22.1 Å². The first-order valence-electron chi connectivity index (χ1n) is 9.78. The van der Waals surface area contributed by atoms with Gasteiger partial charge in [0.2, 0.25) is 0 Å². The maximum Gasteiger partial charge on any atom is 0.0110 e. The SMILES string of the molecule is CC(C)CCN(CCNCCN)CCN(CCN)CCNC(C)C. The van der Waals surface area contributed by atoms with E-state index >= 15 is 0 Å². The van der Waals surface area contributed by atoms with Crippen LogP contribution >= 0.6 is 0 Å². The summed E-state index contributed by atoms with van der Waals surface area (Å²) >= 11 is 0. The van der Waals surface area contributed by atoms with Gasteiger partial charge < -0.3 is 27.0 Å².